The summed E-state index contributed by atoms with van der Waals surface area (Å²) in [5, 5.41) is 13.3. The first-order valence-electron chi connectivity index (χ1n) is 8.02. The molecule has 1 heterocycles. The molecular weight excluding hydrogens is 296 g/mol. The van der Waals surface area contributed by atoms with Gasteiger partial charge in [0.1, 0.15) is 10.5 Å². The van der Waals surface area contributed by atoms with Gasteiger partial charge < -0.3 is 15.0 Å². The number of hydrogen-bond acceptors (Lipinski definition) is 4. The van der Waals surface area contributed by atoms with Gasteiger partial charge in [0.05, 0.1) is 6.04 Å². The summed E-state index contributed by atoms with van der Waals surface area (Å²) in [4.78, 5) is 0. The average Bonchev–Trinajstić information content (AvgIpc) is 2.72. The molecule has 1 aliphatic heterocycles. The fraction of sp³-hybridized carbons (Fsp3) is 0.647. The third-order valence-corrected chi connectivity index (χ3v) is 6.54. The van der Waals surface area contributed by atoms with Crippen LogP contribution < -0.4 is 10.0 Å². The Morgan fingerprint density at radius 2 is 2.00 bits per heavy atom. The fourth-order valence-electron chi connectivity index (χ4n) is 3.69. The van der Waals surface area contributed by atoms with Gasteiger partial charge in [0.15, 0.2) is 0 Å². The number of phenolic OH excluding ortho intramolecular Hbond substituents is 1. The highest BCUT2D eigenvalue weighted by atomic mass is 32.2. The number of nitrogens with one attached hydrogen (secondary N) is 2. The molecule has 122 valence electrons. The first-order valence-corrected chi connectivity index (χ1v) is 9.17. The van der Waals surface area contributed by atoms with Crippen molar-refractivity contribution in [1.82, 2.24) is 10.0 Å². The predicted octanol–water partition coefficient (Wildman–Crippen LogP) is 2.41. The number of aromatic hydroxyl groups is 1. The molecule has 0 radical (unpaired) electrons. The zero-order chi connectivity index (χ0) is 16.0. The summed E-state index contributed by atoms with van der Waals surface area (Å²) in [5.41, 5.74) is 2.52. The van der Waals surface area contributed by atoms with Crippen LogP contribution >= 0.6 is 0 Å². The summed E-state index contributed by atoms with van der Waals surface area (Å²) in [6, 6.07) is 5.69. The minimum absolute atomic E-state index is 0.0526. The van der Waals surface area contributed by atoms with Crippen molar-refractivity contribution in [2.45, 2.75) is 50.8 Å². The maximum absolute atomic E-state index is 12.7. The summed E-state index contributed by atoms with van der Waals surface area (Å²) in [7, 11) is 0. The van der Waals surface area contributed by atoms with Crippen LogP contribution in [0.5, 0.6) is 5.75 Å². The highest BCUT2D eigenvalue weighted by molar-refractivity contribution is 7.90. The van der Waals surface area contributed by atoms with Gasteiger partial charge in [-0.2, -0.15) is 0 Å². The van der Waals surface area contributed by atoms with E-state index in [2.05, 4.69) is 10.0 Å². The summed E-state index contributed by atoms with van der Waals surface area (Å²) >= 11 is -1.12. The topological polar surface area (TPSA) is 67.3 Å². The average molecular weight is 322 g/mol. The van der Waals surface area contributed by atoms with Gasteiger partial charge in [0, 0.05) is 16.8 Å². The second-order valence-electron chi connectivity index (χ2n) is 7.60. The Labute approximate surface area is 136 Å². The van der Waals surface area contributed by atoms with Crippen molar-refractivity contribution in [2.75, 3.05) is 13.1 Å². The quantitative estimate of drug-likeness (QED) is 0.732. The molecule has 0 aromatic heterocycles. The largest absolute Gasteiger partial charge is 0.598 e. The van der Waals surface area contributed by atoms with Crippen molar-refractivity contribution in [1.29, 1.82) is 0 Å². The van der Waals surface area contributed by atoms with Crippen LogP contribution in [0.3, 0.4) is 0 Å². The van der Waals surface area contributed by atoms with E-state index in [1.165, 1.54) is 5.56 Å². The van der Waals surface area contributed by atoms with Crippen LogP contribution in [0.2, 0.25) is 0 Å². The smallest absolute Gasteiger partial charge is 0.136 e. The van der Waals surface area contributed by atoms with E-state index >= 15 is 0 Å². The lowest BCUT2D eigenvalue weighted by atomic mass is 9.73. The monoisotopic (exact) mass is 322 g/mol. The van der Waals surface area contributed by atoms with E-state index in [0.29, 0.717) is 0 Å². The standard InChI is InChI=1S/C17H26N2O2S/c1-16(2,3)22(21)19-15-14-10-13(20)5-4-12(14)11-17(15)6-8-18-9-7-17/h4-5,10,15,18-20H,6-9,11H2,1-3H3/t15-,22-/m1/s1. The normalized spacial score (nSPS) is 25.2. The fourth-order valence-corrected chi connectivity index (χ4v) is 4.63. The molecule has 5 heteroatoms. The van der Waals surface area contributed by atoms with E-state index in [-0.39, 0.29) is 22.0 Å². The molecule has 0 saturated carbocycles. The van der Waals surface area contributed by atoms with Crippen molar-refractivity contribution < 1.29 is 9.66 Å². The van der Waals surface area contributed by atoms with Gasteiger partial charge in [-0.1, -0.05) is 6.07 Å². The molecule has 4 nitrogen and oxygen atoms in total. The first kappa shape index (κ1) is 16.1. The van der Waals surface area contributed by atoms with Gasteiger partial charge in [0.25, 0.3) is 0 Å². The molecule has 0 unspecified atom stereocenters. The van der Waals surface area contributed by atoms with Crippen LogP contribution in [-0.2, 0) is 17.8 Å². The summed E-state index contributed by atoms with van der Waals surface area (Å²) in [6.07, 6.45) is 3.15. The van der Waals surface area contributed by atoms with Crippen LogP contribution in [0.25, 0.3) is 0 Å². The predicted molar refractivity (Wildman–Crippen MR) is 90.1 cm³/mol. The second kappa shape index (κ2) is 5.71. The van der Waals surface area contributed by atoms with E-state index < -0.39 is 11.4 Å². The van der Waals surface area contributed by atoms with Crippen molar-refractivity contribution in [3.8, 4) is 5.75 Å². The van der Waals surface area contributed by atoms with E-state index in [1.807, 2.05) is 32.9 Å². The van der Waals surface area contributed by atoms with E-state index in [1.54, 1.807) is 6.07 Å². The van der Waals surface area contributed by atoms with Crippen LogP contribution in [0.4, 0.5) is 0 Å². The number of benzene rings is 1. The maximum atomic E-state index is 12.7. The molecule has 0 bridgehead atoms. The Hall–Kier alpha value is -0.750. The SMILES string of the molecule is CC(C)(C)[S@@+]([O-])N[C@@H]1c2cc(O)ccc2CC12CCNCC2. The van der Waals surface area contributed by atoms with Crippen molar-refractivity contribution >= 4 is 11.4 Å². The number of phenols is 1. The van der Waals surface area contributed by atoms with Crippen molar-refractivity contribution in [3.05, 3.63) is 29.3 Å². The van der Waals surface area contributed by atoms with E-state index in [0.717, 1.165) is 37.9 Å². The maximum Gasteiger partial charge on any atom is 0.136 e. The Kier molecular flexibility index (Phi) is 4.18. The molecular formula is C17H26N2O2S. The minimum Gasteiger partial charge on any atom is -0.598 e. The minimum atomic E-state index is -1.12. The summed E-state index contributed by atoms with van der Waals surface area (Å²) in [6.45, 7) is 7.97. The zero-order valence-electron chi connectivity index (χ0n) is 13.6. The summed E-state index contributed by atoms with van der Waals surface area (Å²) < 4.78 is 15.8. The molecule has 1 fully saturated rings. The van der Waals surface area contributed by atoms with E-state index in [4.69, 9.17) is 0 Å². The van der Waals surface area contributed by atoms with Gasteiger partial charge in [-0.15, -0.1) is 4.72 Å². The molecule has 1 spiro atoms. The Bertz CT molecular complexity index is 550. The highest BCUT2D eigenvalue weighted by Gasteiger charge is 2.49. The zero-order valence-corrected chi connectivity index (χ0v) is 14.4. The van der Waals surface area contributed by atoms with Crippen LogP contribution in [0, 0.1) is 5.41 Å². The van der Waals surface area contributed by atoms with Gasteiger partial charge in [0.2, 0.25) is 0 Å². The number of hydrogen-bond donors (Lipinski definition) is 3. The first-order chi connectivity index (χ1) is 10.3. The van der Waals surface area contributed by atoms with Gasteiger partial charge in [-0.05, 0) is 76.4 Å². The number of rotatable bonds is 2. The molecule has 0 amide bonds. The van der Waals surface area contributed by atoms with Crippen molar-refractivity contribution in [3.63, 3.8) is 0 Å². The molecule has 3 N–H and O–H groups in total. The van der Waals surface area contributed by atoms with Crippen LogP contribution in [-0.4, -0.2) is 27.5 Å². The Morgan fingerprint density at radius 1 is 1.32 bits per heavy atom. The molecule has 3 rings (SSSR count). The van der Waals surface area contributed by atoms with Gasteiger partial charge in [-0.25, -0.2) is 0 Å². The highest BCUT2D eigenvalue weighted by Crippen LogP contribution is 2.52. The number of fused-ring (bicyclic) bond motifs is 1. The molecule has 1 aromatic carbocycles. The Morgan fingerprint density at radius 3 is 2.64 bits per heavy atom. The molecule has 2 atom stereocenters. The third-order valence-electron chi connectivity index (χ3n) is 4.98. The lowest BCUT2D eigenvalue weighted by Gasteiger charge is -2.40. The Balaban J connectivity index is 1.95. The molecule has 2 aliphatic rings. The van der Waals surface area contributed by atoms with Crippen molar-refractivity contribution in [2.24, 2.45) is 5.41 Å². The van der Waals surface area contributed by atoms with Gasteiger partial charge >= 0.3 is 0 Å². The van der Waals surface area contributed by atoms with E-state index in [9.17, 15) is 9.66 Å². The third kappa shape index (κ3) is 2.87. The van der Waals surface area contributed by atoms with Crippen LogP contribution in [0.1, 0.15) is 50.8 Å². The second-order valence-corrected chi connectivity index (χ2v) is 9.60. The molecule has 1 saturated heterocycles. The number of piperidine rings is 1. The molecule has 22 heavy (non-hydrogen) atoms. The lowest BCUT2D eigenvalue weighted by molar-refractivity contribution is 0.163. The molecule has 1 aliphatic carbocycles. The lowest BCUT2D eigenvalue weighted by Crippen LogP contribution is -2.48. The molecule has 1 aromatic rings. The van der Waals surface area contributed by atoms with Gasteiger partial charge in [-0.3, -0.25) is 0 Å². The summed E-state index contributed by atoms with van der Waals surface area (Å²) in [5.74, 6) is 0.290. The van der Waals surface area contributed by atoms with Crippen LogP contribution in [0.15, 0.2) is 18.2 Å².